The van der Waals surface area contributed by atoms with Crippen molar-refractivity contribution < 1.29 is 18.0 Å². The Bertz CT molecular complexity index is 894. The molecular weight excluding hydrogens is 464 g/mol. The summed E-state index contributed by atoms with van der Waals surface area (Å²) in [5.74, 6) is -1.20. The van der Waals surface area contributed by atoms with Gasteiger partial charge in [0.1, 0.15) is 5.82 Å². The topological polar surface area (TPSA) is 41.1 Å². The molecule has 1 amide bonds. The van der Waals surface area contributed by atoms with Gasteiger partial charge in [-0.2, -0.15) is 0 Å². The van der Waals surface area contributed by atoms with E-state index in [2.05, 4.69) is 21.8 Å². The Morgan fingerprint density at radius 1 is 1.20 bits per heavy atom. The van der Waals surface area contributed by atoms with Gasteiger partial charge in [0.05, 0.1) is 16.9 Å². The summed E-state index contributed by atoms with van der Waals surface area (Å²) in [7, 11) is 2.48. The summed E-state index contributed by atoms with van der Waals surface area (Å²) in [5.41, 5.74) is -0.0797. The first-order chi connectivity index (χ1) is 11.9. The molecule has 0 atom stereocenters. The van der Waals surface area contributed by atoms with Gasteiger partial charge >= 0.3 is 0 Å². The molecule has 25 heavy (non-hydrogen) atoms. The SMILES string of the molecule is CNC(=O)c1c(C#CSI)cc(F)c(F)c1Nc1ccc(C)cc1F. The molecule has 0 radical (unpaired) electrons. The van der Waals surface area contributed by atoms with Crippen LogP contribution in [0.3, 0.4) is 0 Å². The van der Waals surface area contributed by atoms with E-state index >= 15 is 0 Å². The second-order valence-electron chi connectivity index (χ2n) is 4.96. The summed E-state index contributed by atoms with van der Waals surface area (Å²) in [5, 5.41) is 7.46. The third-order valence-corrected chi connectivity index (χ3v) is 4.12. The van der Waals surface area contributed by atoms with Crippen LogP contribution in [0.2, 0.25) is 0 Å². The molecule has 0 heterocycles. The van der Waals surface area contributed by atoms with Crippen molar-refractivity contribution >= 4 is 47.4 Å². The Balaban J connectivity index is 2.69. The van der Waals surface area contributed by atoms with E-state index in [0.29, 0.717) is 5.56 Å². The first kappa shape index (κ1) is 19.5. The van der Waals surface area contributed by atoms with Gasteiger partial charge < -0.3 is 10.6 Å². The van der Waals surface area contributed by atoms with E-state index in [1.165, 1.54) is 19.2 Å². The highest BCUT2D eigenvalue weighted by Gasteiger charge is 2.23. The maximum Gasteiger partial charge on any atom is 0.254 e. The Morgan fingerprint density at radius 3 is 2.52 bits per heavy atom. The molecule has 0 spiro atoms. The van der Waals surface area contributed by atoms with Crippen LogP contribution in [0.15, 0.2) is 24.3 Å². The fourth-order valence-electron chi connectivity index (χ4n) is 2.13. The van der Waals surface area contributed by atoms with Crippen molar-refractivity contribution in [2.45, 2.75) is 6.92 Å². The lowest BCUT2D eigenvalue weighted by atomic mass is 10.0. The van der Waals surface area contributed by atoms with E-state index < -0.39 is 29.0 Å². The summed E-state index contributed by atoms with van der Waals surface area (Å²) in [4.78, 5) is 12.2. The lowest BCUT2D eigenvalue weighted by Crippen LogP contribution is -2.22. The fourth-order valence-corrected chi connectivity index (χ4v) is 2.61. The maximum atomic E-state index is 14.4. The highest BCUT2D eigenvalue weighted by Crippen LogP contribution is 2.30. The smallest absolute Gasteiger partial charge is 0.254 e. The number of nitrogens with one attached hydrogen (secondary N) is 2. The molecule has 0 aliphatic rings. The summed E-state index contributed by atoms with van der Waals surface area (Å²) < 4.78 is 42.4. The number of anilines is 2. The zero-order valence-electron chi connectivity index (χ0n) is 13.1. The molecule has 130 valence electrons. The Kier molecular flexibility index (Phi) is 6.61. The summed E-state index contributed by atoms with van der Waals surface area (Å²) in [6.45, 7) is 1.70. The number of aryl methyl sites for hydroxylation is 1. The monoisotopic (exact) mass is 476 g/mol. The zero-order valence-corrected chi connectivity index (χ0v) is 16.1. The summed E-state index contributed by atoms with van der Waals surface area (Å²) >= 11 is 1.91. The molecule has 0 bridgehead atoms. The molecule has 0 aromatic heterocycles. The molecule has 2 aromatic rings. The molecule has 2 aromatic carbocycles. The molecule has 2 rings (SSSR count). The number of amides is 1. The Morgan fingerprint density at radius 2 is 1.92 bits per heavy atom. The lowest BCUT2D eigenvalue weighted by Gasteiger charge is -2.15. The minimum Gasteiger partial charge on any atom is -0.355 e. The van der Waals surface area contributed by atoms with Gasteiger partial charge in [0, 0.05) is 33.8 Å². The average Bonchev–Trinajstić information content (AvgIpc) is 2.58. The fraction of sp³-hybridized carbons (Fsp3) is 0.118. The third-order valence-electron chi connectivity index (χ3n) is 3.28. The minimum atomic E-state index is -1.29. The van der Waals surface area contributed by atoms with Gasteiger partial charge in [-0.3, -0.25) is 4.79 Å². The quantitative estimate of drug-likeness (QED) is 0.489. The normalized spacial score (nSPS) is 10.0. The third kappa shape index (κ3) is 4.41. The van der Waals surface area contributed by atoms with E-state index in [-0.39, 0.29) is 16.8 Å². The second kappa shape index (κ2) is 8.49. The van der Waals surface area contributed by atoms with E-state index in [1.807, 2.05) is 21.2 Å². The molecular formula is C17H12F3IN2OS. The van der Waals surface area contributed by atoms with Crippen molar-refractivity contribution in [2.24, 2.45) is 0 Å². The second-order valence-corrected chi connectivity index (χ2v) is 6.64. The molecule has 0 aliphatic heterocycles. The number of hydrogen-bond acceptors (Lipinski definition) is 3. The van der Waals surface area contributed by atoms with Crippen LogP contribution in [0.1, 0.15) is 21.5 Å². The van der Waals surface area contributed by atoms with Crippen LogP contribution in [-0.2, 0) is 0 Å². The maximum absolute atomic E-state index is 14.4. The van der Waals surface area contributed by atoms with Crippen molar-refractivity contribution in [2.75, 3.05) is 12.4 Å². The van der Waals surface area contributed by atoms with Gasteiger partial charge in [0.2, 0.25) is 0 Å². The average molecular weight is 476 g/mol. The Hall–Kier alpha value is -1.86. The largest absolute Gasteiger partial charge is 0.355 e. The summed E-state index contributed by atoms with van der Waals surface area (Å²) in [6.07, 6.45) is 0. The van der Waals surface area contributed by atoms with Crippen LogP contribution >= 0.6 is 30.1 Å². The number of hydrogen-bond donors (Lipinski definition) is 2. The van der Waals surface area contributed by atoms with Gasteiger partial charge in [0.25, 0.3) is 5.91 Å². The Labute approximate surface area is 159 Å². The van der Waals surface area contributed by atoms with E-state index in [4.69, 9.17) is 0 Å². The van der Waals surface area contributed by atoms with E-state index in [0.717, 1.165) is 15.0 Å². The van der Waals surface area contributed by atoms with Gasteiger partial charge in [-0.15, -0.1) is 0 Å². The van der Waals surface area contributed by atoms with Crippen LogP contribution in [-0.4, -0.2) is 13.0 Å². The molecule has 0 saturated carbocycles. The molecule has 0 fully saturated rings. The van der Waals surface area contributed by atoms with Crippen LogP contribution < -0.4 is 10.6 Å². The lowest BCUT2D eigenvalue weighted by molar-refractivity contribution is 0.0963. The van der Waals surface area contributed by atoms with E-state index in [1.54, 1.807) is 13.0 Å². The first-order valence-corrected chi connectivity index (χ1v) is 10.3. The van der Waals surface area contributed by atoms with Crippen molar-refractivity contribution in [1.29, 1.82) is 0 Å². The van der Waals surface area contributed by atoms with Crippen LogP contribution in [0, 0.1) is 35.5 Å². The molecule has 2 N–H and O–H groups in total. The van der Waals surface area contributed by atoms with Gasteiger partial charge in [-0.25, -0.2) is 13.2 Å². The molecule has 0 aliphatic carbocycles. The predicted molar refractivity (Wildman–Crippen MR) is 103 cm³/mol. The van der Waals surface area contributed by atoms with Crippen molar-refractivity contribution in [3.05, 3.63) is 58.4 Å². The predicted octanol–water partition coefficient (Wildman–Crippen LogP) is 4.91. The molecule has 8 heteroatoms. The van der Waals surface area contributed by atoms with Gasteiger partial charge in [-0.05, 0) is 44.9 Å². The number of rotatable bonds is 3. The molecule has 3 nitrogen and oxygen atoms in total. The standard InChI is InChI=1S/C17H12F3IN2OS/c1-9-3-4-13(11(18)7-9)23-16-14(17(24)22-2)10(5-6-25-21)8-12(19)15(16)20/h3-4,7-8,23H,1-2H3,(H,22,24). The number of carbonyl (C=O) groups is 1. The van der Waals surface area contributed by atoms with E-state index in [9.17, 15) is 18.0 Å². The van der Waals surface area contributed by atoms with Crippen LogP contribution in [0.5, 0.6) is 0 Å². The van der Waals surface area contributed by atoms with Gasteiger partial charge in [0.15, 0.2) is 11.6 Å². The number of benzene rings is 2. The number of carbonyl (C=O) groups excluding carboxylic acids is 1. The molecule has 0 unspecified atom stereocenters. The number of halogens is 4. The highest BCUT2D eigenvalue weighted by molar-refractivity contribution is 14.2. The zero-order chi connectivity index (χ0) is 18.6. The van der Waals surface area contributed by atoms with Gasteiger partial charge in [-0.1, -0.05) is 12.0 Å². The first-order valence-electron chi connectivity index (χ1n) is 6.94. The van der Waals surface area contributed by atoms with Crippen LogP contribution in [0.4, 0.5) is 24.5 Å². The van der Waals surface area contributed by atoms with Crippen molar-refractivity contribution in [3.8, 4) is 11.2 Å². The van der Waals surface area contributed by atoms with Crippen molar-refractivity contribution in [1.82, 2.24) is 5.32 Å². The molecule has 0 saturated heterocycles. The highest BCUT2D eigenvalue weighted by atomic mass is 127. The summed E-state index contributed by atoms with van der Waals surface area (Å²) in [6, 6.07) is 5.08. The van der Waals surface area contributed by atoms with Crippen LogP contribution in [0.25, 0.3) is 0 Å². The minimum absolute atomic E-state index is 0.00237. The van der Waals surface area contributed by atoms with Crippen molar-refractivity contribution in [3.63, 3.8) is 0 Å².